The van der Waals surface area contributed by atoms with Gasteiger partial charge in [-0.05, 0) is 44.7 Å². The van der Waals surface area contributed by atoms with Crippen molar-refractivity contribution in [3.05, 3.63) is 41.3 Å². The molecule has 2 unspecified atom stereocenters. The number of allylic oxidation sites excluding steroid dienone is 2. The Labute approximate surface area is 152 Å². The van der Waals surface area contributed by atoms with Crippen LogP contribution in [0.25, 0.3) is 0 Å². The smallest absolute Gasteiger partial charge is 0.0813 e. The van der Waals surface area contributed by atoms with E-state index >= 15 is 0 Å². The first kappa shape index (κ1) is 20.6. The lowest BCUT2D eigenvalue weighted by Gasteiger charge is -2.23. The summed E-state index contributed by atoms with van der Waals surface area (Å²) in [5, 5.41) is 0.651. The van der Waals surface area contributed by atoms with E-state index in [4.69, 9.17) is 4.74 Å². The van der Waals surface area contributed by atoms with E-state index in [-0.39, 0.29) is 5.60 Å². The topological polar surface area (TPSA) is 26.3 Å². The summed E-state index contributed by atoms with van der Waals surface area (Å²) >= 11 is 3.47. The molecule has 130 valence electrons. The van der Waals surface area contributed by atoms with Gasteiger partial charge in [0.1, 0.15) is 0 Å². The Hall–Kier alpha value is -0.450. The van der Waals surface area contributed by atoms with Crippen molar-refractivity contribution in [3.8, 4) is 0 Å². The Bertz CT molecular complexity index is 511. The van der Waals surface area contributed by atoms with E-state index in [1.54, 1.807) is 7.11 Å². The third-order valence-corrected chi connectivity index (χ3v) is 6.57. The second kappa shape index (κ2) is 10.4. The molecule has 0 aliphatic carbocycles. The summed E-state index contributed by atoms with van der Waals surface area (Å²) in [4.78, 5) is 1.83. The molecule has 0 aliphatic heterocycles. The van der Waals surface area contributed by atoms with E-state index < -0.39 is 10.8 Å². The van der Waals surface area contributed by atoms with Crippen molar-refractivity contribution >= 4 is 26.7 Å². The monoisotopic (exact) mass is 400 g/mol. The van der Waals surface area contributed by atoms with Crippen LogP contribution in [0.2, 0.25) is 0 Å². The first-order chi connectivity index (χ1) is 10.9. The maximum atomic E-state index is 12.6. The number of alkyl halides is 1. The van der Waals surface area contributed by atoms with Gasteiger partial charge in [0.2, 0.25) is 0 Å². The molecule has 0 N–H and O–H groups in total. The Morgan fingerprint density at radius 1 is 1.35 bits per heavy atom. The highest BCUT2D eigenvalue weighted by Gasteiger charge is 2.16. The summed E-state index contributed by atoms with van der Waals surface area (Å²) in [6.07, 6.45) is 6.49. The van der Waals surface area contributed by atoms with Gasteiger partial charge in [-0.3, -0.25) is 0 Å². The molecule has 0 heterocycles. The molecule has 0 saturated heterocycles. The molecular formula is C19H29BrO2S. The van der Waals surface area contributed by atoms with Gasteiger partial charge >= 0.3 is 0 Å². The van der Waals surface area contributed by atoms with Gasteiger partial charge in [0.05, 0.1) is 16.4 Å². The third kappa shape index (κ3) is 7.77. The summed E-state index contributed by atoms with van der Waals surface area (Å²) in [5.74, 6) is 0.587. The Morgan fingerprint density at radius 3 is 2.57 bits per heavy atom. The van der Waals surface area contributed by atoms with Crippen LogP contribution in [0.5, 0.6) is 0 Å². The van der Waals surface area contributed by atoms with Gasteiger partial charge in [-0.15, -0.1) is 0 Å². The normalized spacial score (nSPS) is 15.4. The van der Waals surface area contributed by atoms with Crippen LogP contribution in [-0.4, -0.2) is 22.2 Å². The van der Waals surface area contributed by atoms with Gasteiger partial charge in [0, 0.05) is 22.2 Å². The van der Waals surface area contributed by atoms with Crippen LogP contribution in [0.3, 0.4) is 0 Å². The SMILES string of the molecule is COC(C)(C)CCCC(C)C/C=C(\CBr)S(=O)c1ccccc1. The van der Waals surface area contributed by atoms with Gasteiger partial charge in [-0.2, -0.15) is 0 Å². The highest BCUT2D eigenvalue weighted by molar-refractivity contribution is 9.09. The molecule has 1 aromatic carbocycles. The zero-order chi connectivity index (χ0) is 17.3. The van der Waals surface area contributed by atoms with Crippen molar-refractivity contribution in [2.24, 2.45) is 5.92 Å². The summed E-state index contributed by atoms with van der Waals surface area (Å²) in [7, 11) is 0.707. The minimum Gasteiger partial charge on any atom is -0.379 e. The minimum absolute atomic E-state index is 0.0363. The second-order valence-corrected chi connectivity index (χ2v) is 8.68. The van der Waals surface area contributed by atoms with Gasteiger partial charge in [-0.1, -0.05) is 60.0 Å². The molecule has 0 fully saturated rings. The predicted molar refractivity (Wildman–Crippen MR) is 103 cm³/mol. The van der Waals surface area contributed by atoms with Gasteiger partial charge < -0.3 is 4.74 Å². The largest absolute Gasteiger partial charge is 0.379 e. The van der Waals surface area contributed by atoms with Crippen LogP contribution in [0.15, 0.2) is 46.2 Å². The van der Waals surface area contributed by atoms with Crippen LogP contribution >= 0.6 is 15.9 Å². The molecular weight excluding hydrogens is 372 g/mol. The standard InChI is InChI=1S/C19H29BrO2S/c1-16(9-8-14-19(2,3)22-4)12-13-18(15-20)23(21)17-10-6-5-7-11-17/h5-7,10-11,13,16H,8-9,12,14-15H2,1-4H3/b18-13+. The maximum absolute atomic E-state index is 12.6. The molecule has 2 nitrogen and oxygen atoms in total. The molecule has 0 aromatic heterocycles. The Kier molecular flexibility index (Phi) is 9.33. The van der Waals surface area contributed by atoms with Crippen LogP contribution in [0.1, 0.15) is 46.5 Å². The fourth-order valence-corrected chi connectivity index (χ4v) is 4.21. The van der Waals surface area contributed by atoms with E-state index in [2.05, 4.69) is 42.8 Å². The van der Waals surface area contributed by atoms with Crippen LogP contribution in [-0.2, 0) is 15.5 Å². The number of ether oxygens (including phenoxy) is 1. The number of methoxy groups -OCH3 is 1. The molecule has 1 rings (SSSR count). The maximum Gasteiger partial charge on any atom is 0.0813 e. The van der Waals surface area contributed by atoms with Crippen molar-refractivity contribution in [1.82, 2.24) is 0 Å². The van der Waals surface area contributed by atoms with Crippen molar-refractivity contribution in [1.29, 1.82) is 0 Å². The quantitative estimate of drug-likeness (QED) is 0.471. The molecule has 0 spiro atoms. The fourth-order valence-electron chi connectivity index (χ4n) is 2.30. The van der Waals surface area contributed by atoms with Gasteiger partial charge in [0.15, 0.2) is 0 Å². The number of hydrogen-bond donors (Lipinski definition) is 0. The lowest BCUT2D eigenvalue weighted by molar-refractivity contribution is 0.0128. The van der Waals surface area contributed by atoms with Crippen molar-refractivity contribution < 1.29 is 8.95 Å². The average Bonchev–Trinajstić information content (AvgIpc) is 2.55. The highest BCUT2D eigenvalue weighted by Crippen LogP contribution is 2.22. The summed E-state index contributed by atoms with van der Waals surface area (Å²) < 4.78 is 18.0. The minimum atomic E-state index is -1.06. The van der Waals surface area contributed by atoms with E-state index in [1.165, 1.54) is 0 Å². The summed E-state index contributed by atoms with van der Waals surface area (Å²) in [5.41, 5.74) is -0.0363. The molecule has 0 radical (unpaired) electrons. The molecule has 0 aliphatic rings. The van der Waals surface area contributed by atoms with E-state index in [9.17, 15) is 4.21 Å². The highest BCUT2D eigenvalue weighted by atomic mass is 79.9. The lowest BCUT2D eigenvalue weighted by Crippen LogP contribution is -2.22. The zero-order valence-corrected chi connectivity index (χ0v) is 17.1. The fraction of sp³-hybridized carbons (Fsp3) is 0.579. The number of rotatable bonds is 10. The Balaban J connectivity index is 2.51. The summed E-state index contributed by atoms with van der Waals surface area (Å²) in [6, 6.07) is 9.64. The third-order valence-electron chi connectivity index (χ3n) is 4.10. The molecule has 2 atom stereocenters. The molecule has 0 bridgehead atoms. The lowest BCUT2D eigenvalue weighted by atomic mass is 9.95. The molecule has 4 heteroatoms. The number of benzene rings is 1. The predicted octanol–water partition coefficient (Wildman–Crippen LogP) is 5.69. The zero-order valence-electron chi connectivity index (χ0n) is 14.7. The average molecular weight is 401 g/mol. The molecule has 0 saturated carbocycles. The van der Waals surface area contributed by atoms with Crippen LogP contribution in [0, 0.1) is 5.92 Å². The van der Waals surface area contributed by atoms with Gasteiger partial charge in [-0.25, -0.2) is 4.21 Å². The van der Waals surface area contributed by atoms with Gasteiger partial charge in [0.25, 0.3) is 0 Å². The van der Waals surface area contributed by atoms with Crippen molar-refractivity contribution in [2.45, 2.75) is 57.0 Å². The first-order valence-corrected chi connectivity index (χ1v) is 10.4. The first-order valence-electron chi connectivity index (χ1n) is 8.16. The molecule has 0 amide bonds. The van der Waals surface area contributed by atoms with Crippen LogP contribution in [0.4, 0.5) is 0 Å². The second-order valence-electron chi connectivity index (χ2n) is 6.58. The molecule has 23 heavy (non-hydrogen) atoms. The van der Waals surface area contributed by atoms with E-state index in [0.29, 0.717) is 11.2 Å². The molecule has 1 aromatic rings. The van der Waals surface area contributed by atoms with E-state index in [1.807, 2.05) is 30.3 Å². The van der Waals surface area contributed by atoms with Crippen molar-refractivity contribution in [2.75, 3.05) is 12.4 Å². The van der Waals surface area contributed by atoms with Crippen molar-refractivity contribution in [3.63, 3.8) is 0 Å². The number of halogens is 1. The Morgan fingerprint density at radius 2 is 2.00 bits per heavy atom. The van der Waals surface area contributed by atoms with Crippen LogP contribution < -0.4 is 0 Å². The van der Waals surface area contributed by atoms with E-state index in [0.717, 1.165) is 35.5 Å². The number of hydrogen-bond acceptors (Lipinski definition) is 2. The summed E-state index contributed by atoms with van der Waals surface area (Å²) in [6.45, 7) is 6.51.